The molecule has 3 rings (SSSR count). The molecule has 1 aromatic rings. The Hall–Kier alpha value is -3.14. The molecular weight excluding hydrogens is 478 g/mol. The number of nitrogens with one attached hydrogen (secondary N) is 1. The molecule has 10 heteroatoms. The monoisotopic (exact) mass is 517 g/mol. The van der Waals surface area contributed by atoms with Gasteiger partial charge in [0.15, 0.2) is 0 Å². The van der Waals surface area contributed by atoms with Crippen molar-refractivity contribution < 1.29 is 33.4 Å². The highest BCUT2D eigenvalue weighted by molar-refractivity contribution is 5.92. The van der Waals surface area contributed by atoms with Crippen molar-refractivity contribution in [3.8, 4) is 0 Å². The predicted molar refractivity (Wildman–Crippen MR) is 135 cm³/mol. The molecule has 0 saturated carbocycles. The molecule has 2 amide bonds. The first-order valence-electron chi connectivity index (χ1n) is 13.1. The number of nitrogens with zero attached hydrogens (tertiary/aromatic N) is 2. The number of carbonyl (C=O) groups is 4. The number of rotatable bonds is 10. The third kappa shape index (κ3) is 7.92. The number of benzene rings is 1. The Balaban J connectivity index is 1.62. The van der Waals surface area contributed by atoms with Gasteiger partial charge in [-0.05, 0) is 45.6 Å². The SMILES string of the molecule is CCOC(=O)CC[C@@]1(CC(=O)OC(C)C)NCCN(C2CCN(C(=O)OCc3ccccc3)CC2)C1=O. The molecule has 0 radical (unpaired) electrons. The molecule has 2 aliphatic heterocycles. The van der Waals surface area contributed by atoms with Crippen LogP contribution in [0.3, 0.4) is 0 Å². The van der Waals surface area contributed by atoms with E-state index in [1.807, 2.05) is 30.3 Å². The van der Waals surface area contributed by atoms with Crippen LogP contribution in [0.25, 0.3) is 0 Å². The zero-order chi connectivity index (χ0) is 26.8. The number of carbonyl (C=O) groups excluding carboxylic acids is 4. The number of piperazine rings is 1. The molecule has 0 spiro atoms. The van der Waals surface area contributed by atoms with Crippen molar-refractivity contribution >= 4 is 23.9 Å². The largest absolute Gasteiger partial charge is 0.466 e. The maximum atomic E-state index is 13.8. The van der Waals surface area contributed by atoms with Gasteiger partial charge in [-0.1, -0.05) is 30.3 Å². The normalized spacial score (nSPS) is 20.6. The Morgan fingerprint density at radius 2 is 1.76 bits per heavy atom. The molecule has 2 aliphatic rings. The number of hydrogen-bond acceptors (Lipinski definition) is 8. The predicted octanol–water partition coefficient (Wildman–Crippen LogP) is 2.64. The smallest absolute Gasteiger partial charge is 0.410 e. The van der Waals surface area contributed by atoms with E-state index < -0.39 is 17.5 Å². The van der Waals surface area contributed by atoms with Crippen LogP contribution in [0, 0.1) is 0 Å². The maximum Gasteiger partial charge on any atom is 0.410 e. The van der Waals surface area contributed by atoms with E-state index in [9.17, 15) is 19.2 Å². The topological polar surface area (TPSA) is 114 Å². The van der Waals surface area contributed by atoms with E-state index in [1.54, 1.807) is 30.6 Å². The number of esters is 2. The Labute approximate surface area is 218 Å². The molecule has 0 unspecified atom stereocenters. The van der Waals surface area contributed by atoms with Crippen LogP contribution in [0.5, 0.6) is 0 Å². The van der Waals surface area contributed by atoms with Crippen molar-refractivity contribution in [1.29, 1.82) is 0 Å². The number of ether oxygens (including phenoxy) is 3. The van der Waals surface area contributed by atoms with Crippen LogP contribution in [-0.2, 0) is 35.2 Å². The standard InChI is InChI=1S/C27H39N3O7/c1-4-35-23(31)10-13-27(18-24(32)37-20(2)3)25(33)30(17-14-28-27)22-11-15-29(16-12-22)26(34)36-19-21-8-6-5-7-9-21/h5-9,20,22,28H,4,10-19H2,1-3H3/t27-/m0/s1. The molecule has 10 nitrogen and oxygen atoms in total. The highest BCUT2D eigenvalue weighted by Gasteiger charge is 2.48. The van der Waals surface area contributed by atoms with Gasteiger partial charge in [0.25, 0.3) is 0 Å². The molecule has 2 saturated heterocycles. The number of likely N-dealkylation sites (tertiary alicyclic amines) is 1. The van der Waals surface area contributed by atoms with Gasteiger partial charge in [0.1, 0.15) is 12.1 Å². The Kier molecular flexibility index (Phi) is 10.3. The lowest BCUT2D eigenvalue weighted by Gasteiger charge is -2.47. The highest BCUT2D eigenvalue weighted by Crippen LogP contribution is 2.29. The first kappa shape index (κ1) is 28.4. The van der Waals surface area contributed by atoms with Gasteiger partial charge in [0.05, 0.1) is 19.1 Å². The summed E-state index contributed by atoms with van der Waals surface area (Å²) in [6, 6.07) is 9.44. The molecule has 204 valence electrons. The summed E-state index contributed by atoms with van der Waals surface area (Å²) in [5, 5.41) is 3.23. The van der Waals surface area contributed by atoms with Gasteiger partial charge >= 0.3 is 18.0 Å². The maximum absolute atomic E-state index is 13.8. The average Bonchev–Trinajstić information content (AvgIpc) is 2.88. The Morgan fingerprint density at radius 3 is 2.41 bits per heavy atom. The van der Waals surface area contributed by atoms with Crippen LogP contribution < -0.4 is 5.32 Å². The fourth-order valence-corrected chi connectivity index (χ4v) is 4.91. The summed E-state index contributed by atoms with van der Waals surface area (Å²) >= 11 is 0. The molecule has 1 atom stereocenters. The van der Waals surface area contributed by atoms with Gasteiger partial charge in [-0.15, -0.1) is 0 Å². The summed E-state index contributed by atoms with van der Waals surface area (Å²) in [5.41, 5.74) is -0.310. The van der Waals surface area contributed by atoms with E-state index in [4.69, 9.17) is 14.2 Å². The molecule has 1 aromatic carbocycles. The average molecular weight is 518 g/mol. The summed E-state index contributed by atoms with van der Waals surface area (Å²) in [4.78, 5) is 54.5. The van der Waals surface area contributed by atoms with E-state index in [1.165, 1.54) is 0 Å². The van der Waals surface area contributed by atoms with E-state index in [0.717, 1.165) is 5.56 Å². The Morgan fingerprint density at radius 1 is 1.05 bits per heavy atom. The van der Waals surface area contributed by atoms with Gasteiger partial charge < -0.3 is 29.3 Å². The second-order valence-corrected chi connectivity index (χ2v) is 9.79. The van der Waals surface area contributed by atoms with Gasteiger partial charge in [-0.2, -0.15) is 0 Å². The minimum absolute atomic E-state index is 0.0150. The molecule has 2 fully saturated rings. The summed E-state index contributed by atoms with van der Waals surface area (Å²) in [6.45, 7) is 7.62. The lowest BCUT2D eigenvalue weighted by molar-refractivity contribution is -0.158. The van der Waals surface area contributed by atoms with Gasteiger partial charge in [0.2, 0.25) is 5.91 Å². The van der Waals surface area contributed by atoms with Crippen molar-refractivity contribution in [3.63, 3.8) is 0 Å². The highest BCUT2D eigenvalue weighted by atomic mass is 16.6. The third-order valence-electron chi connectivity index (χ3n) is 6.73. The molecule has 1 N–H and O–H groups in total. The molecule has 0 aliphatic carbocycles. The zero-order valence-corrected chi connectivity index (χ0v) is 22.1. The molecule has 37 heavy (non-hydrogen) atoms. The van der Waals surface area contributed by atoms with Crippen LogP contribution in [0.4, 0.5) is 4.79 Å². The van der Waals surface area contributed by atoms with Gasteiger partial charge in [0, 0.05) is 38.6 Å². The Bertz CT molecular complexity index is 931. The summed E-state index contributed by atoms with van der Waals surface area (Å²) in [5.74, 6) is -1.11. The number of hydrogen-bond donors (Lipinski definition) is 1. The van der Waals surface area contributed by atoms with E-state index >= 15 is 0 Å². The van der Waals surface area contributed by atoms with Crippen molar-refractivity contribution in [2.75, 3.05) is 32.8 Å². The van der Waals surface area contributed by atoms with Crippen LogP contribution in [0.15, 0.2) is 30.3 Å². The van der Waals surface area contributed by atoms with Crippen LogP contribution in [-0.4, -0.2) is 84.2 Å². The lowest BCUT2D eigenvalue weighted by atomic mass is 9.84. The van der Waals surface area contributed by atoms with Crippen molar-refractivity contribution in [2.24, 2.45) is 0 Å². The van der Waals surface area contributed by atoms with Gasteiger partial charge in [-0.3, -0.25) is 14.4 Å². The van der Waals surface area contributed by atoms with Crippen LogP contribution in [0.2, 0.25) is 0 Å². The molecule has 0 bridgehead atoms. The fraction of sp³-hybridized carbons (Fsp3) is 0.630. The summed E-state index contributed by atoms with van der Waals surface area (Å²) in [7, 11) is 0. The number of piperidine rings is 1. The van der Waals surface area contributed by atoms with E-state index in [0.29, 0.717) is 39.0 Å². The van der Waals surface area contributed by atoms with E-state index in [2.05, 4.69) is 5.32 Å². The molecule has 0 aromatic heterocycles. The molecular formula is C27H39N3O7. The van der Waals surface area contributed by atoms with E-state index in [-0.39, 0.29) is 56.6 Å². The van der Waals surface area contributed by atoms with Crippen molar-refractivity contribution in [2.45, 2.75) is 77.2 Å². The van der Waals surface area contributed by atoms with Crippen molar-refractivity contribution in [1.82, 2.24) is 15.1 Å². The molecule has 2 heterocycles. The fourth-order valence-electron chi connectivity index (χ4n) is 4.91. The van der Waals surface area contributed by atoms with Gasteiger partial charge in [-0.25, -0.2) is 4.79 Å². The quantitative estimate of drug-likeness (QED) is 0.372. The summed E-state index contributed by atoms with van der Waals surface area (Å²) in [6.07, 6.45) is 0.530. The number of amides is 2. The van der Waals surface area contributed by atoms with Crippen molar-refractivity contribution in [3.05, 3.63) is 35.9 Å². The lowest BCUT2D eigenvalue weighted by Crippen LogP contribution is -2.67. The first-order valence-corrected chi connectivity index (χ1v) is 13.1. The minimum atomic E-state index is -1.23. The summed E-state index contributed by atoms with van der Waals surface area (Å²) < 4.78 is 15.8. The second-order valence-electron chi connectivity index (χ2n) is 9.79. The third-order valence-corrected chi connectivity index (χ3v) is 6.73. The second kappa shape index (κ2) is 13.4. The van der Waals surface area contributed by atoms with Crippen LogP contribution in [0.1, 0.15) is 58.4 Å². The minimum Gasteiger partial charge on any atom is -0.466 e. The first-order chi connectivity index (χ1) is 17.7. The zero-order valence-electron chi connectivity index (χ0n) is 22.1. The van der Waals surface area contributed by atoms with Crippen LogP contribution >= 0.6 is 0 Å².